The number of benzene rings is 1. The summed E-state index contributed by atoms with van der Waals surface area (Å²) in [5.74, 6) is -0.426. The molecule has 0 bridgehead atoms. The maximum Gasteiger partial charge on any atom is 0.263 e. The van der Waals surface area contributed by atoms with Gasteiger partial charge in [-0.1, -0.05) is 23.2 Å². The molecule has 11 heteroatoms. The maximum absolute atomic E-state index is 12.2. The van der Waals surface area contributed by atoms with Gasteiger partial charge >= 0.3 is 0 Å². The highest BCUT2D eigenvalue weighted by molar-refractivity contribution is 7.93. The topological polar surface area (TPSA) is 88.2 Å². The number of anilines is 2. The number of carbonyl (C=O) groups excluding carboxylic acids is 1. The van der Waals surface area contributed by atoms with E-state index in [1.807, 2.05) is 0 Å². The SMILES string of the molecule is O=C(Nc1ccc(S(=O)(=O)Nc2nccs2)cc1)c1cc(Cl)sc1Cl. The molecule has 6 nitrogen and oxygen atoms in total. The Hall–Kier alpha value is -1.65. The molecule has 0 spiro atoms. The molecule has 2 heterocycles. The van der Waals surface area contributed by atoms with Gasteiger partial charge in [0.15, 0.2) is 5.13 Å². The molecule has 0 atom stereocenters. The summed E-state index contributed by atoms with van der Waals surface area (Å²) >= 11 is 14.0. The minimum atomic E-state index is -3.74. The molecule has 0 radical (unpaired) electrons. The molecule has 0 unspecified atom stereocenters. The molecule has 0 saturated heterocycles. The molecule has 3 rings (SSSR count). The summed E-state index contributed by atoms with van der Waals surface area (Å²) in [5, 5.41) is 4.58. The van der Waals surface area contributed by atoms with Gasteiger partial charge in [-0.3, -0.25) is 9.52 Å². The van der Waals surface area contributed by atoms with Crippen molar-refractivity contribution in [1.82, 2.24) is 4.98 Å². The molecule has 130 valence electrons. The Balaban J connectivity index is 1.74. The van der Waals surface area contributed by atoms with Crippen molar-refractivity contribution in [3.63, 3.8) is 0 Å². The van der Waals surface area contributed by atoms with Crippen molar-refractivity contribution in [1.29, 1.82) is 0 Å². The quantitative estimate of drug-likeness (QED) is 0.616. The first-order valence-electron chi connectivity index (χ1n) is 6.64. The number of amides is 1. The summed E-state index contributed by atoms with van der Waals surface area (Å²) in [6.07, 6.45) is 1.50. The number of nitrogens with zero attached hydrogens (tertiary/aromatic N) is 1. The van der Waals surface area contributed by atoms with Gasteiger partial charge in [0.25, 0.3) is 15.9 Å². The van der Waals surface area contributed by atoms with E-state index in [4.69, 9.17) is 23.2 Å². The van der Waals surface area contributed by atoms with Crippen LogP contribution in [0.1, 0.15) is 10.4 Å². The van der Waals surface area contributed by atoms with E-state index in [0.717, 1.165) is 11.3 Å². The van der Waals surface area contributed by atoms with Gasteiger partial charge in [0, 0.05) is 17.3 Å². The van der Waals surface area contributed by atoms with Crippen LogP contribution in [0.4, 0.5) is 10.8 Å². The Morgan fingerprint density at radius 2 is 1.88 bits per heavy atom. The number of carbonyl (C=O) groups is 1. The summed E-state index contributed by atoms with van der Waals surface area (Å²) in [7, 11) is -3.74. The van der Waals surface area contributed by atoms with Crippen LogP contribution in [0.5, 0.6) is 0 Å². The minimum absolute atomic E-state index is 0.0531. The highest BCUT2D eigenvalue weighted by Crippen LogP contribution is 2.31. The number of hydrogen-bond acceptors (Lipinski definition) is 6. The van der Waals surface area contributed by atoms with Gasteiger partial charge in [-0.05, 0) is 30.3 Å². The normalized spacial score (nSPS) is 11.3. The lowest BCUT2D eigenvalue weighted by atomic mass is 10.3. The molecule has 0 aliphatic heterocycles. The predicted octanol–water partition coefficient (Wildman–Crippen LogP) is 4.56. The monoisotopic (exact) mass is 433 g/mol. The van der Waals surface area contributed by atoms with Crippen molar-refractivity contribution < 1.29 is 13.2 Å². The fourth-order valence-electron chi connectivity index (χ4n) is 1.86. The zero-order valence-electron chi connectivity index (χ0n) is 12.2. The van der Waals surface area contributed by atoms with Crippen LogP contribution < -0.4 is 10.0 Å². The Kier molecular flexibility index (Phi) is 5.30. The molecule has 0 fully saturated rings. The van der Waals surface area contributed by atoms with Gasteiger partial charge < -0.3 is 5.32 Å². The third kappa shape index (κ3) is 4.31. The first-order valence-corrected chi connectivity index (χ1v) is 10.6. The highest BCUT2D eigenvalue weighted by atomic mass is 35.5. The highest BCUT2D eigenvalue weighted by Gasteiger charge is 2.17. The average Bonchev–Trinajstić information content (AvgIpc) is 3.16. The summed E-state index contributed by atoms with van der Waals surface area (Å²) in [6.45, 7) is 0. The lowest BCUT2D eigenvalue weighted by Gasteiger charge is -2.07. The van der Waals surface area contributed by atoms with Crippen LogP contribution in [-0.4, -0.2) is 19.3 Å². The zero-order valence-corrected chi connectivity index (χ0v) is 16.2. The zero-order chi connectivity index (χ0) is 18.0. The number of rotatable bonds is 5. The van der Waals surface area contributed by atoms with Gasteiger partial charge in [-0.15, -0.1) is 22.7 Å². The van der Waals surface area contributed by atoms with E-state index in [9.17, 15) is 13.2 Å². The molecular formula is C14H9Cl2N3O3S3. The third-order valence-corrected chi connectivity index (χ3v) is 6.64. The van der Waals surface area contributed by atoms with Crippen molar-refractivity contribution >= 4 is 72.6 Å². The molecule has 2 aromatic heterocycles. The molecule has 2 N–H and O–H groups in total. The Morgan fingerprint density at radius 3 is 2.44 bits per heavy atom. The van der Waals surface area contributed by atoms with Crippen molar-refractivity contribution in [3.8, 4) is 0 Å². The summed E-state index contributed by atoms with van der Waals surface area (Å²) < 4.78 is 27.5. The second kappa shape index (κ2) is 7.30. The van der Waals surface area contributed by atoms with Gasteiger partial charge in [0.2, 0.25) is 0 Å². The van der Waals surface area contributed by atoms with Crippen LogP contribution in [0.2, 0.25) is 8.67 Å². The van der Waals surface area contributed by atoms with E-state index in [1.54, 1.807) is 5.38 Å². The predicted molar refractivity (Wildman–Crippen MR) is 102 cm³/mol. The van der Waals surface area contributed by atoms with Crippen LogP contribution in [0, 0.1) is 0 Å². The van der Waals surface area contributed by atoms with E-state index in [1.165, 1.54) is 47.9 Å². The van der Waals surface area contributed by atoms with E-state index in [0.29, 0.717) is 10.0 Å². The molecule has 3 aromatic rings. The van der Waals surface area contributed by atoms with E-state index in [2.05, 4.69) is 15.0 Å². The lowest BCUT2D eigenvalue weighted by Crippen LogP contribution is -2.14. The van der Waals surface area contributed by atoms with Gasteiger partial charge in [0.1, 0.15) is 4.34 Å². The number of aromatic nitrogens is 1. The second-order valence-corrected chi connectivity index (χ2v) is 9.52. The van der Waals surface area contributed by atoms with Crippen molar-refractivity contribution in [3.05, 3.63) is 56.1 Å². The molecule has 25 heavy (non-hydrogen) atoms. The lowest BCUT2D eigenvalue weighted by molar-refractivity contribution is 0.102. The van der Waals surface area contributed by atoms with Crippen molar-refractivity contribution in [2.45, 2.75) is 4.90 Å². The maximum atomic E-state index is 12.2. The summed E-state index contributed by atoms with van der Waals surface area (Å²) in [5.41, 5.74) is 0.690. The molecule has 0 aliphatic carbocycles. The molecule has 1 amide bonds. The number of sulfonamides is 1. The van der Waals surface area contributed by atoms with Crippen LogP contribution in [0.25, 0.3) is 0 Å². The summed E-state index contributed by atoms with van der Waals surface area (Å²) in [4.78, 5) is 16.1. The fourth-order valence-corrected chi connectivity index (χ4v) is 5.11. The Morgan fingerprint density at radius 1 is 1.16 bits per heavy atom. The number of halogens is 2. The Bertz CT molecular complexity index is 1000. The van der Waals surface area contributed by atoms with E-state index in [-0.39, 0.29) is 19.9 Å². The van der Waals surface area contributed by atoms with E-state index < -0.39 is 15.9 Å². The first-order chi connectivity index (χ1) is 11.8. The van der Waals surface area contributed by atoms with Crippen LogP contribution in [0.15, 0.2) is 46.8 Å². The number of nitrogens with one attached hydrogen (secondary N) is 2. The van der Waals surface area contributed by atoms with Gasteiger partial charge in [-0.2, -0.15) is 0 Å². The van der Waals surface area contributed by atoms with Crippen LogP contribution in [0.3, 0.4) is 0 Å². The van der Waals surface area contributed by atoms with Crippen LogP contribution in [-0.2, 0) is 10.0 Å². The van der Waals surface area contributed by atoms with Gasteiger partial charge in [-0.25, -0.2) is 13.4 Å². The Labute approximate surface area is 161 Å². The third-order valence-electron chi connectivity index (χ3n) is 2.98. The van der Waals surface area contributed by atoms with Crippen molar-refractivity contribution in [2.24, 2.45) is 0 Å². The summed E-state index contributed by atoms with van der Waals surface area (Å²) in [6, 6.07) is 7.20. The average molecular weight is 434 g/mol. The van der Waals surface area contributed by atoms with Crippen molar-refractivity contribution in [2.75, 3.05) is 10.0 Å². The molecule has 1 aromatic carbocycles. The van der Waals surface area contributed by atoms with E-state index >= 15 is 0 Å². The molecule has 0 aliphatic rings. The second-order valence-electron chi connectivity index (χ2n) is 4.66. The fraction of sp³-hybridized carbons (Fsp3) is 0. The van der Waals surface area contributed by atoms with Crippen LogP contribution >= 0.6 is 45.9 Å². The molecule has 0 saturated carbocycles. The smallest absolute Gasteiger partial charge is 0.263 e. The number of hydrogen-bond donors (Lipinski definition) is 2. The largest absolute Gasteiger partial charge is 0.322 e. The standard InChI is InChI=1S/C14H9Cl2N3O3S3/c15-11-7-10(12(16)24-11)13(20)18-8-1-3-9(4-2-8)25(21,22)19-14-17-5-6-23-14/h1-7H,(H,17,19)(H,18,20). The number of thiophene rings is 1. The number of thiazole rings is 1. The minimum Gasteiger partial charge on any atom is -0.322 e. The van der Waals surface area contributed by atoms with Gasteiger partial charge in [0.05, 0.1) is 14.8 Å². The molecular weight excluding hydrogens is 425 g/mol. The first kappa shape index (κ1) is 18.2.